The number of hydrogen-bond donors (Lipinski definition) is 2. The van der Waals surface area contributed by atoms with Gasteiger partial charge in [-0.3, -0.25) is 0 Å². The van der Waals surface area contributed by atoms with E-state index in [0.29, 0.717) is 19.8 Å². The van der Waals surface area contributed by atoms with Crippen LogP contribution in [-0.2, 0) is 4.74 Å². The molecule has 3 nitrogen and oxygen atoms in total. The zero-order chi connectivity index (χ0) is 9.66. The average Bonchev–Trinajstić information content (AvgIpc) is 2.08. The molecular formula is C9H19NO2. The van der Waals surface area contributed by atoms with Gasteiger partial charge in [0.25, 0.3) is 0 Å². The van der Waals surface area contributed by atoms with Crippen LogP contribution < -0.4 is 5.73 Å². The third-order valence-corrected chi connectivity index (χ3v) is 0.834. The molecule has 0 saturated carbocycles. The zero-order valence-corrected chi connectivity index (χ0v) is 7.54. The maximum absolute atomic E-state index is 7.99. The van der Waals surface area contributed by atoms with Crippen molar-refractivity contribution in [2.75, 3.05) is 26.4 Å². The second kappa shape index (κ2) is 16.8. The standard InChI is InChI=1S/C6H10O.C3H9NO/c1-3-5-7-6-4-2;4-2-1-3-5/h3-4H,1-2,5-6H2;5H,1-4H2. The topological polar surface area (TPSA) is 55.5 Å². The fraction of sp³-hybridized carbons (Fsp3) is 0.556. The largest absolute Gasteiger partial charge is 0.396 e. The van der Waals surface area contributed by atoms with Crippen LogP contribution in [0.25, 0.3) is 0 Å². The van der Waals surface area contributed by atoms with Crippen LogP contribution in [0, 0.1) is 0 Å². The van der Waals surface area contributed by atoms with Gasteiger partial charge in [-0.2, -0.15) is 0 Å². The number of nitrogens with two attached hydrogens (primary N) is 1. The molecule has 0 unspecified atom stereocenters. The van der Waals surface area contributed by atoms with Crippen LogP contribution in [0.3, 0.4) is 0 Å². The van der Waals surface area contributed by atoms with Crippen molar-refractivity contribution >= 4 is 0 Å². The second-order valence-corrected chi connectivity index (χ2v) is 1.98. The van der Waals surface area contributed by atoms with E-state index >= 15 is 0 Å². The minimum atomic E-state index is 0.219. The first-order valence-corrected chi connectivity index (χ1v) is 3.93. The highest BCUT2D eigenvalue weighted by Gasteiger charge is 1.71. The van der Waals surface area contributed by atoms with Gasteiger partial charge in [0.15, 0.2) is 0 Å². The van der Waals surface area contributed by atoms with Gasteiger partial charge < -0.3 is 15.6 Å². The minimum absolute atomic E-state index is 0.219. The summed E-state index contributed by atoms with van der Waals surface area (Å²) in [6.07, 6.45) is 4.15. The molecule has 12 heavy (non-hydrogen) atoms. The maximum atomic E-state index is 7.99. The SMILES string of the molecule is C=CCOCC=C.NCCCO. The molecular weight excluding hydrogens is 154 g/mol. The molecule has 0 saturated heterocycles. The summed E-state index contributed by atoms with van der Waals surface area (Å²) in [6.45, 7) is 8.99. The van der Waals surface area contributed by atoms with Gasteiger partial charge in [-0.05, 0) is 13.0 Å². The maximum Gasteiger partial charge on any atom is 0.0649 e. The zero-order valence-electron chi connectivity index (χ0n) is 7.54. The molecule has 0 aliphatic carbocycles. The van der Waals surface area contributed by atoms with Crippen LogP contribution >= 0.6 is 0 Å². The highest BCUT2D eigenvalue weighted by molar-refractivity contribution is 4.68. The Morgan fingerprint density at radius 3 is 1.92 bits per heavy atom. The Morgan fingerprint density at radius 1 is 1.25 bits per heavy atom. The van der Waals surface area contributed by atoms with E-state index in [1.54, 1.807) is 12.2 Å². The van der Waals surface area contributed by atoms with Crippen molar-refractivity contribution in [3.05, 3.63) is 25.3 Å². The van der Waals surface area contributed by atoms with Gasteiger partial charge in [-0.15, -0.1) is 13.2 Å². The molecule has 0 atom stereocenters. The van der Waals surface area contributed by atoms with Crippen molar-refractivity contribution in [1.29, 1.82) is 0 Å². The molecule has 0 aliphatic rings. The highest BCUT2D eigenvalue weighted by Crippen LogP contribution is 1.72. The lowest BCUT2D eigenvalue weighted by Crippen LogP contribution is -1.99. The molecule has 3 N–H and O–H groups in total. The smallest absolute Gasteiger partial charge is 0.0649 e. The van der Waals surface area contributed by atoms with Gasteiger partial charge in [0, 0.05) is 6.61 Å². The Labute approximate surface area is 74.5 Å². The summed E-state index contributed by atoms with van der Waals surface area (Å²) < 4.78 is 4.90. The molecule has 0 aromatic rings. The van der Waals surface area contributed by atoms with E-state index < -0.39 is 0 Å². The quantitative estimate of drug-likeness (QED) is 0.459. The van der Waals surface area contributed by atoms with E-state index in [0.717, 1.165) is 6.42 Å². The van der Waals surface area contributed by atoms with E-state index in [1.165, 1.54) is 0 Å². The molecule has 0 rings (SSSR count). The lowest BCUT2D eigenvalue weighted by molar-refractivity contribution is 0.194. The van der Waals surface area contributed by atoms with Gasteiger partial charge in [0.05, 0.1) is 13.2 Å². The first-order valence-electron chi connectivity index (χ1n) is 3.93. The molecule has 0 aliphatic heterocycles. The fourth-order valence-electron chi connectivity index (χ4n) is 0.326. The van der Waals surface area contributed by atoms with Crippen LogP contribution in [0.1, 0.15) is 6.42 Å². The third kappa shape index (κ3) is 22.8. The summed E-state index contributed by atoms with van der Waals surface area (Å²) in [5.74, 6) is 0. The Hall–Kier alpha value is -0.640. The van der Waals surface area contributed by atoms with Gasteiger partial charge in [0.2, 0.25) is 0 Å². The number of ether oxygens (including phenoxy) is 1. The molecule has 3 heteroatoms. The van der Waals surface area contributed by atoms with Crippen LogP contribution in [0.2, 0.25) is 0 Å². The monoisotopic (exact) mass is 173 g/mol. The normalized spacial score (nSPS) is 8.17. The Morgan fingerprint density at radius 2 is 1.75 bits per heavy atom. The predicted octanol–water partition coefficient (Wildman–Crippen LogP) is 0.703. The van der Waals surface area contributed by atoms with Gasteiger partial charge in [0.1, 0.15) is 0 Å². The van der Waals surface area contributed by atoms with E-state index in [2.05, 4.69) is 13.2 Å². The molecule has 0 aromatic carbocycles. The van der Waals surface area contributed by atoms with Crippen LogP contribution in [-0.4, -0.2) is 31.5 Å². The van der Waals surface area contributed by atoms with Crippen molar-refractivity contribution < 1.29 is 9.84 Å². The van der Waals surface area contributed by atoms with Gasteiger partial charge in [-0.1, -0.05) is 12.2 Å². The first kappa shape index (κ1) is 13.9. The lowest BCUT2D eigenvalue weighted by Gasteiger charge is -1.89. The number of hydrogen-bond acceptors (Lipinski definition) is 3. The van der Waals surface area contributed by atoms with E-state index in [1.807, 2.05) is 0 Å². The summed E-state index contributed by atoms with van der Waals surface area (Å²) in [5, 5.41) is 7.99. The highest BCUT2D eigenvalue weighted by atomic mass is 16.5. The van der Waals surface area contributed by atoms with Gasteiger partial charge >= 0.3 is 0 Å². The van der Waals surface area contributed by atoms with Crippen LogP contribution in [0.5, 0.6) is 0 Å². The van der Waals surface area contributed by atoms with Crippen LogP contribution in [0.4, 0.5) is 0 Å². The summed E-state index contributed by atoms with van der Waals surface area (Å²) in [6, 6.07) is 0. The van der Waals surface area contributed by atoms with E-state index in [-0.39, 0.29) is 6.61 Å². The molecule has 0 heterocycles. The summed E-state index contributed by atoms with van der Waals surface area (Å²) in [4.78, 5) is 0. The van der Waals surface area contributed by atoms with E-state index in [4.69, 9.17) is 15.6 Å². The molecule has 72 valence electrons. The van der Waals surface area contributed by atoms with E-state index in [9.17, 15) is 0 Å². The summed E-state index contributed by atoms with van der Waals surface area (Å²) in [7, 11) is 0. The minimum Gasteiger partial charge on any atom is -0.396 e. The van der Waals surface area contributed by atoms with Gasteiger partial charge in [-0.25, -0.2) is 0 Å². The Bertz CT molecular complexity index is 84.5. The molecule has 0 bridgehead atoms. The average molecular weight is 173 g/mol. The van der Waals surface area contributed by atoms with Crippen molar-refractivity contribution in [2.24, 2.45) is 5.73 Å². The first-order chi connectivity index (χ1) is 5.83. The van der Waals surface area contributed by atoms with Crippen LogP contribution in [0.15, 0.2) is 25.3 Å². The van der Waals surface area contributed by atoms with Crippen molar-refractivity contribution in [3.8, 4) is 0 Å². The number of rotatable bonds is 6. The molecule has 0 aromatic heterocycles. The van der Waals surface area contributed by atoms with Crippen molar-refractivity contribution in [1.82, 2.24) is 0 Å². The lowest BCUT2D eigenvalue weighted by atomic mass is 10.5. The molecule has 0 spiro atoms. The molecule has 0 amide bonds. The van der Waals surface area contributed by atoms with Crippen molar-refractivity contribution in [2.45, 2.75) is 6.42 Å². The predicted molar refractivity (Wildman–Crippen MR) is 52.0 cm³/mol. The number of aliphatic hydroxyl groups excluding tert-OH is 1. The number of aliphatic hydroxyl groups is 1. The summed E-state index contributed by atoms with van der Waals surface area (Å²) in [5.41, 5.74) is 4.98. The van der Waals surface area contributed by atoms with Crippen molar-refractivity contribution in [3.63, 3.8) is 0 Å². The Balaban J connectivity index is 0. The second-order valence-electron chi connectivity index (χ2n) is 1.98. The fourth-order valence-corrected chi connectivity index (χ4v) is 0.326. The summed E-state index contributed by atoms with van der Waals surface area (Å²) >= 11 is 0. The molecule has 0 fully saturated rings. The molecule has 0 radical (unpaired) electrons. The third-order valence-electron chi connectivity index (χ3n) is 0.834. The Kier molecular flexibility index (Phi) is 19.4.